The minimum Gasteiger partial charge on any atom is -0.392 e. The standard InChI is InChI=1S/C11H15ClO3S/c1-3-11(13)8(2)16(14,15)10-6-4-5-9(12)7-10/h4-8,11,13H,3H2,1-2H3. The Balaban J connectivity index is 3.12. The van der Waals surface area contributed by atoms with Crippen LogP contribution in [0.25, 0.3) is 0 Å². The smallest absolute Gasteiger partial charge is 0.183 e. The normalized spacial score (nSPS) is 15.8. The summed E-state index contributed by atoms with van der Waals surface area (Å²) in [6, 6.07) is 6.08. The van der Waals surface area contributed by atoms with Gasteiger partial charge in [0.1, 0.15) is 0 Å². The number of hydrogen-bond acceptors (Lipinski definition) is 3. The third-order valence-corrected chi connectivity index (χ3v) is 5.01. The van der Waals surface area contributed by atoms with E-state index in [1.165, 1.54) is 19.1 Å². The number of hydrogen-bond donors (Lipinski definition) is 1. The maximum Gasteiger partial charge on any atom is 0.183 e. The van der Waals surface area contributed by atoms with Gasteiger partial charge in [0.2, 0.25) is 0 Å². The summed E-state index contributed by atoms with van der Waals surface area (Å²) in [5.74, 6) is 0. The van der Waals surface area contributed by atoms with Crippen LogP contribution in [0.3, 0.4) is 0 Å². The summed E-state index contributed by atoms with van der Waals surface area (Å²) in [6.45, 7) is 3.25. The van der Waals surface area contributed by atoms with E-state index >= 15 is 0 Å². The van der Waals surface area contributed by atoms with Gasteiger partial charge in [0, 0.05) is 5.02 Å². The molecule has 0 fully saturated rings. The second-order valence-electron chi connectivity index (χ2n) is 3.68. The summed E-state index contributed by atoms with van der Waals surface area (Å²) in [5, 5.41) is 9.13. The van der Waals surface area contributed by atoms with Crippen molar-refractivity contribution in [3.63, 3.8) is 0 Å². The number of rotatable bonds is 4. The molecule has 0 radical (unpaired) electrons. The Morgan fingerprint density at radius 2 is 2.06 bits per heavy atom. The molecule has 1 aromatic carbocycles. The minimum atomic E-state index is -3.51. The first-order valence-corrected chi connectivity index (χ1v) is 6.99. The predicted octanol–water partition coefficient (Wildman–Crippen LogP) is 2.27. The van der Waals surface area contributed by atoms with E-state index in [-0.39, 0.29) is 4.90 Å². The van der Waals surface area contributed by atoms with Crippen molar-refractivity contribution in [2.24, 2.45) is 0 Å². The first-order valence-electron chi connectivity index (χ1n) is 5.07. The molecule has 0 saturated carbocycles. The van der Waals surface area contributed by atoms with E-state index in [1.54, 1.807) is 19.1 Å². The second-order valence-corrected chi connectivity index (χ2v) is 6.42. The molecule has 2 atom stereocenters. The van der Waals surface area contributed by atoms with E-state index in [2.05, 4.69) is 0 Å². The number of halogens is 1. The second kappa shape index (κ2) is 5.17. The lowest BCUT2D eigenvalue weighted by atomic mass is 10.2. The van der Waals surface area contributed by atoms with E-state index in [0.717, 1.165) is 0 Å². The molecule has 3 nitrogen and oxygen atoms in total. The fraction of sp³-hybridized carbons (Fsp3) is 0.455. The Hall–Kier alpha value is -0.580. The van der Waals surface area contributed by atoms with Gasteiger partial charge in [0.15, 0.2) is 9.84 Å². The van der Waals surface area contributed by atoms with Crippen LogP contribution in [0, 0.1) is 0 Å². The molecule has 1 rings (SSSR count). The number of sulfone groups is 1. The van der Waals surface area contributed by atoms with E-state index < -0.39 is 21.2 Å². The zero-order valence-corrected chi connectivity index (χ0v) is 10.8. The monoisotopic (exact) mass is 262 g/mol. The Morgan fingerprint density at radius 3 is 2.56 bits per heavy atom. The highest BCUT2D eigenvalue weighted by Crippen LogP contribution is 2.22. The maximum absolute atomic E-state index is 12.1. The van der Waals surface area contributed by atoms with Gasteiger partial charge in [-0.15, -0.1) is 0 Å². The SMILES string of the molecule is CCC(O)C(C)S(=O)(=O)c1cccc(Cl)c1. The topological polar surface area (TPSA) is 54.4 Å². The van der Waals surface area contributed by atoms with Crippen LogP contribution in [-0.2, 0) is 9.84 Å². The quantitative estimate of drug-likeness (QED) is 0.906. The third-order valence-electron chi connectivity index (χ3n) is 2.57. The van der Waals surface area contributed by atoms with E-state index in [4.69, 9.17) is 11.6 Å². The predicted molar refractivity (Wildman–Crippen MR) is 64.4 cm³/mol. The summed E-state index contributed by atoms with van der Waals surface area (Å²) >= 11 is 5.74. The van der Waals surface area contributed by atoms with Crippen molar-refractivity contribution >= 4 is 21.4 Å². The van der Waals surface area contributed by atoms with Gasteiger partial charge in [0.05, 0.1) is 16.2 Å². The van der Waals surface area contributed by atoms with E-state index in [9.17, 15) is 13.5 Å². The first-order chi connectivity index (χ1) is 7.39. The molecule has 5 heteroatoms. The largest absolute Gasteiger partial charge is 0.392 e. The average Bonchev–Trinajstić information content (AvgIpc) is 2.27. The fourth-order valence-electron chi connectivity index (χ4n) is 1.40. The molecule has 0 aliphatic carbocycles. The van der Waals surface area contributed by atoms with E-state index in [0.29, 0.717) is 11.4 Å². The zero-order chi connectivity index (χ0) is 12.3. The summed E-state index contributed by atoms with van der Waals surface area (Å²) < 4.78 is 24.1. The first kappa shape index (κ1) is 13.5. The molecule has 16 heavy (non-hydrogen) atoms. The minimum absolute atomic E-state index is 0.153. The van der Waals surface area contributed by atoms with Crippen molar-refractivity contribution in [1.29, 1.82) is 0 Å². The van der Waals surface area contributed by atoms with Gasteiger partial charge < -0.3 is 5.11 Å². The lowest BCUT2D eigenvalue weighted by Gasteiger charge is -2.17. The van der Waals surface area contributed by atoms with Gasteiger partial charge in [-0.05, 0) is 31.5 Å². The third kappa shape index (κ3) is 2.75. The Labute approximate surface area is 101 Å². The van der Waals surface area contributed by atoms with Crippen LogP contribution in [0.4, 0.5) is 0 Å². The Kier molecular flexibility index (Phi) is 4.35. The summed E-state index contributed by atoms with van der Waals surface area (Å²) in [5.41, 5.74) is 0. The molecular weight excluding hydrogens is 248 g/mol. The molecule has 0 heterocycles. The van der Waals surface area contributed by atoms with Gasteiger partial charge in [-0.2, -0.15) is 0 Å². The molecule has 0 saturated heterocycles. The van der Waals surface area contributed by atoms with Crippen molar-refractivity contribution in [1.82, 2.24) is 0 Å². The van der Waals surface area contributed by atoms with Crippen LogP contribution >= 0.6 is 11.6 Å². The highest BCUT2D eigenvalue weighted by molar-refractivity contribution is 7.92. The Bertz CT molecular complexity index is 456. The fourth-order valence-corrected chi connectivity index (χ4v) is 3.25. The summed E-state index contributed by atoms with van der Waals surface area (Å²) in [7, 11) is -3.51. The van der Waals surface area contributed by atoms with Crippen LogP contribution in [0.5, 0.6) is 0 Å². The van der Waals surface area contributed by atoms with Crippen molar-refractivity contribution in [3.8, 4) is 0 Å². The molecule has 1 N–H and O–H groups in total. The van der Waals surface area contributed by atoms with Gasteiger partial charge in [-0.1, -0.05) is 24.6 Å². The average molecular weight is 263 g/mol. The highest BCUT2D eigenvalue weighted by Gasteiger charge is 2.28. The van der Waals surface area contributed by atoms with Crippen molar-refractivity contribution in [2.45, 2.75) is 36.5 Å². The molecule has 0 aromatic heterocycles. The van der Waals surface area contributed by atoms with Crippen molar-refractivity contribution in [2.75, 3.05) is 0 Å². The molecule has 90 valence electrons. The molecular formula is C11H15ClO3S. The van der Waals surface area contributed by atoms with Crippen molar-refractivity contribution < 1.29 is 13.5 Å². The van der Waals surface area contributed by atoms with Gasteiger partial charge in [-0.3, -0.25) is 0 Å². The van der Waals surface area contributed by atoms with Crippen molar-refractivity contribution in [3.05, 3.63) is 29.3 Å². The lowest BCUT2D eigenvalue weighted by molar-refractivity contribution is 0.168. The van der Waals surface area contributed by atoms with Gasteiger partial charge in [0.25, 0.3) is 0 Å². The molecule has 0 aliphatic heterocycles. The number of benzene rings is 1. The maximum atomic E-state index is 12.1. The molecule has 0 bridgehead atoms. The van der Waals surface area contributed by atoms with Gasteiger partial charge in [-0.25, -0.2) is 8.42 Å². The Morgan fingerprint density at radius 1 is 1.44 bits per heavy atom. The molecule has 2 unspecified atom stereocenters. The molecule has 0 spiro atoms. The molecule has 0 aliphatic rings. The summed E-state index contributed by atoms with van der Waals surface area (Å²) in [6.07, 6.45) is -0.454. The van der Waals surface area contributed by atoms with Crippen LogP contribution in [0.15, 0.2) is 29.2 Å². The van der Waals surface area contributed by atoms with Crippen LogP contribution < -0.4 is 0 Å². The highest BCUT2D eigenvalue weighted by atomic mass is 35.5. The summed E-state index contributed by atoms with van der Waals surface area (Å²) in [4.78, 5) is 0.153. The molecule has 0 amide bonds. The van der Waals surface area contributed by atoms with E-state index in [1.807, 2.05) is 0 Å². The zero-order valence-electron chi connectivity index (χ0n) is 9.22. The van der Waals surface area contributed by atoms with Crippen LogP contribution in [0.1, 0.15) is 20.3 Å². The van der Waals surface area contributed by atoms with Gasteiger partial charge >= 0.3 is 0 Å². The lowest BCUT2D eigenvalue weighted by Crippen LogP contribution is -2.30. The van der Waals surface area contributed by atoms with Crippen LogP contribution in [-0.4, -0.2) is 24.9 Å². The van der Waals surface area contributed by atoms with Crippen LogP contribution in [0.2, 0.25) is 5.02 Å². The molecule has 1 aromatic rings. The number of aliphatic hydroxyl groups is 1. The number of aliphatic hydroxyl groups excluding tert-OH is 1.